The first-order valence-corrected chi connectivity index (χ1v) is 9.48. The lowest BCUT2D eigenvalue weighted by atomic mass is 9.82. The van der Waals surface area contributed by atoms with E-state index in [0.29, 0.717) is 17.7 Å². The van der Waals surface area contributed by atoms with Crippen LogP contribution in [0.5, 0.6) is 0 Å². The van der Waals surface area contributed by atoms with Crippen LogP contribution in [0.15, 0.2) is 54.6 Å². The van der Waals surface area contributed by atoms with Gasteiger partial charge >= 0.3 is 5.97 Å². The molecule has 29 heavy (non-hydrogen) atoms. The standard InChI is InChI=1S/C23H28N2O4/c1-22(2,3)20(27)24-14-16-10-12-17(13-11-16)19(26)25-15-23(4,21(28)29)18-8-6-5-7-9-18/h5-13H,14-15H2,1-4H3,(H,24,27)(H,25,26)(H,28,29). The largest absolute Gasteiger partial charge is 0.481 e. The first-order valence-electron chi connectivity index (χ1n) is 9.48. The number of hydrogen-bond donors (Lipinski definition) is 3. The number of carboxylic acids is 1. The maximum atomic E-state index is 12.5. The van der Waals surface area contributed by atoms with Crippen LogP contribution in [0.3, 0.4) is 0 Å². The van der Waals surface area contributed by atoms with E-state index >= 15 is 0 Å². The van der Waals surface area contributed by atoms with Crippen molar-refractivity contribution in [3.05, 3.63) is 71.3 Å². The van der Waals surface area contributed by atoms with Gasteiger partial charge in [-0.3, -0.25) is 14.4 Å². The summed E-state index contributed by atoms with van der Waals surface area (Å²) in [7, 11) is 0. The number of rotatable bonds is 7. The smallest absolute Gasteiger partial charge is 0.315 e. The summed E-state index contributed by atoms with van der Waals surface area (Å²) in [6, 6.07) is 15.7. The van der Waals surface area contributed by atoms with E-state index in [1.807, 2.05) is 26.8 Å². The van der Waals surface area contributed by atoms with Crippen LogP contribution in [-0.4, -0.2) is 29.4 Å². The molecule has 2 aromatic carbocycles. The van der Waals surface area contributed by atoms with Crippen molar-refractivity contribution in [3.63, 3.8) is 0 Å². The maximum Gasteiger partial charge on any atom is 0.315 e. The lowest BCUT2D eigenvalue weighted by molar-refractivity contribution is -0.143. The molecule has 0 radical (unpaired) electrons. The number of carboxylic acid groups (broad SMARTS) is 1. The van der Waals surface area contributed by atoms with Crippen LogP contribution >= 0.6 is 0 Å². The van der Waals surface area contributed by atoms with Gasteiger partial charge < -0.3 is 15.7 Å². The lowest BCUT2D eigenvalue weighted by Gasteiger charge is -2.25. The molecule has 0 aliphatic carbocycles. The second kappa shape index (κ2) is 8.90. The monoisotopic (exact) mass is 396 g/mol. The first-order chi connectivity index (χ1) is 13.5. The lowest BCUT2D eigenvalue weighted by Crippen LogP contribution is -2.44. The van der Waals surface area contributed by atoms with Crippen LogP contribution in [0.25, 0.3) is 0 Å². The Balaban J connectivity index is 2.00. The highest BCUT2D eigenvalue weighted by molar-refractivity contribution is 5.95. The molecule has 0 saturated carbocycles. The van der Waals surface area contributed by atoms with Gasteiger partial charge in [-0.2, -0.15) is 0 Å². The van der Waals surface area contributed by atoms with E-state index in [-0.39, 0.29) is 18.4 Å². The molecule has 0 spiro atoms. The number of carbonyl (C=O) groups excluding carboxylic acids is 2. The Morgan fingerprint density at radius 2 is 1.45 bits per heavy atom. The van der Waals surface area contributed by atoms with E-state index in [9.17, 15) is 19.5 Å². The van der Waals surface area contributed by atoms with Crippen molar-refractivity contribution in [2.24, 2.45) is 5.41 Å². The third kappa shape index (κ3) is 5.67. The highest BCUT2D eigenvalue weighted by atomic mass is 16.4. The van der Waals surface area contributed by atoms with Gasteiger partial charge in [0.25, 0.3) is 5.91 Å². The Kier molecular flexibility index (Phi) is 6.80. The Hall–Kier alpha value is -3.15. The summed E-state index contributed by atoms with van der Waals surface area (Å²) in [5, 5.41) is 15.3. The van der Waals surface area contributed by atoms with Crippen LogP contribution in [0.1, 0.15) is 49.2 Å². The number of carbonyl (C=O) groups is 3. The SMILES string of the molecule is CC(C)(C)C(=O)NCc1ccc(C(=O)NCC(C)(C(=O)O)c2ccccc2)cc1. The van der Waals surface area contributed by atoms with Gasteiger partial charge in [0, 0.05) is 24.1 Å². The third-order valence-corrected chi connectivity index (χ3v) is 4.84. The van der Waals surface area contributed by atoms with Gasteiger partial charge in [0.2, 0.25) is 5.91 Å². The number of nitrogens with one attached hydrogen (secondary N) is 2. The minimum atomic E-state index is -1.23. The quantitative estimate of drug-likeness (QED) is 0.670. The van der Waals surface area contributed by atoms with E-state index in [4.69, 9.17) is 0 Å². The molecule has 1 unspecified atom stereocenters. The van der Waals surface area contributed by atoms with Gasteiger partial charge in [-0.25, -0.2) is 0 Å². The molecule has 1 atom stereocenters. The van der Waals surface area contributed by atoms with E-state index in [0.717, 1.165) is 5.56 Å². The van der Waals surface area contributed by atoms with E-state index < -0.39 is 16.8 Å². The highest BCUT2D eigenvalue weighted by Gasteiger charge is 2.35. The summed E-state index contributed by atoms with van der Waals surface area (Å²) in [5.41, 5.74) is 0.233. The molecule has 6 nitrogen and oxygen atoms in total. The van der Waals surface area contributed by atoms with Crippen molar-refractivity contribution in [1.29, 1.82) is 0 Å². The zero-order chi connectivity index (χ0) is 21.7. The van der Waals surface area contributed by atoms with Gasteiger partial charge in [-0.15, -0.1) is 0 Å². The summed E-state index contributed by atoms with van der Waals surface area (Å²) in [4.78, 5) is 36.2. The summed E-state index contributed by atoms with van der Waals surface area (Å²) in [6.45, 7) is 7.46. The molecule has 2 aromatic rings. The summed E-state index contributed by atoms with van der Waals surface area (Å²) in [6.07, 6.45) is 0. The van der Waals surface area contributed by atoms with Crippen LogP contribution < -0.4 is 10.6 Å². The van der Waals surface area contributed by atoms with Gasteiger partial charge in [0.1, 0.15) is 5.41 Å². The second-order valence-corrected chi connectivity index (χ2v) is 8.32. The fourth-order valence-corrected chi connectivity index (χ4v) is 2.69. The first kappa shape index (κ1) is 22.1. The second-order valence-electron chi connectivity index (χ2n) is 8.32. The summed E-state index contributed by atoms with van der Waals surface area (Å²) < 4.78 is 0. The number of hydrogen-bond acceptors (Lipinski definition) is 3. The molecule has 0 heterocycles. The molecule has 154 valence electrons. The molecule has 2 rings (SSSR count). The molecule has 0 bridgehead atoms. The molecular formula is C23H28N2O4. The molecule has 0 aliphatic rings. The van der Waals surface area contributed by atoms with Crippen molar-refractivity contribution in [3.8, 4) is 0 Å². The zero-order valence-electron chi connectivity index (χ0n) is 17.3. The van der Waals surface area contributed by atoms with Crippen molar-refractivity contribution in [2.45, 2.75) is 39.7 Å². The van der Waals surface area contributed by atoms with Crippen molar-refractivity contribution >= 4 is 17.8 Å². The average molecular weight is 396 g/mol. The molecule has 0 fully saturated rings. The molecule has 2 amide bonds. The Morgan fingerprint density at radius 1 is 0.862 bits per heavy atom. The Labute approximate surface area is 171 Å². The number of benzene rings is 2. The molecule has 0 aromatic heterocycles. The van der Waals surface area contributed by atoms with Gasteiger partial charge in [-0.05, 0) is 30.2 Å². The summed E-state index contributed by atoms with van der Waals surface area (Å²) in [5.74, 6) is -1.40. The zero-order valence-corrected chi connectivity index (χ0v) is 17.3. The predicted molar refractivity (Wildman–Crippen MR) is 112 cm³/mol. The fourth-order valence-electron chi connectivity index (χ4n) is 2.69. The van der Waals surface area contributed by atoms with Gasteiger partial charge in [0.05, 0.1) is 0 Å². The third-order valence-electron chi connectivity index (χ3n) is 4.84. The van der Waals surface area contributed by atoms with E-state index in [1.165, 1.54) is 0 Å². The Morgan fingerprint density at radius 3 is 1.97 bits per heavy atom. The van der Waals surface area contributed by atoms with Gasteiger partial charge in [0.15, 0.2) is 0 Å². The van der Waals surface area contributed by atoms with E-state index in [1.54, 1.807) is 55.5 Å². The van der Waals surface area contributed by atoms with Crippen molar-refractivity contribution in [1.82, 2.24) is 10.6 Å². The van der Waals surface area contributed by atoms with Gasteiger partial charge in [-0.1, -0.05) is 63.2 Å². The minimum Gasteiger partial charge on any atom is -0.481 e. The highest BCUT2D eigenvalue weighted by Crippen LogP contribution is 2.23. The van der Waals surface area contributed by atoms with Crippen LogP contribution in [0.2, 0.25) is 0 Å². The molecule has 0 saturated heterocycles. The number of aliphatic carboxylic acids is 1. The predicted octanol–water partition coefficient (Wildman–Crippen LogP) is 3.12. The van der Waals surface area contributed by atoms with Crippen LogP contribution in [0, 0.1) is 5.41 Å². The van der Waals surface area contributed by atoms with Crippen LogP contribution in [0.4, 0.5) is 0 Å². The van der Waals surface area contributed by atoms with Crippen molar-refractivity contribution in [2.75, 3.05) is 6.54 Å². The van der Waals surface area contributed by atoms with Crippen LogP contribution in [-0.2, 0) is 21.5 Å². The topological polar surface area (TPSA) is 95.5 Å². The minimum absolute atomic E-state index is 0.0332. The average Bonchev–Trinajstić information content (AvgIpc) is 2.70. The molecule has 0 aliphatic heterocycles. The van der Waals surface area contributed by atoms with Crippen molar-refractivity contribution < 1.29 is 19.5 Å². The summed E-state index contributed by atoms with van der Waals surface area (Å²) >= 11 is 0. The fraction of sp³-hybridized carbons (Fsp3) is 0.348. The Bertz CT molecular complexity index is 870. The number of amides is 2. The molecule has 6 heteroatoms. The van der Waals surface area contributed by atoms with E-state index in [2.05, 4.69) is 10.6 Å². The molecule has 3 N–H and O–H groups in total. The maximum absolute atomic E-state index is 12.5. The molecular weight excluding hydrogens is 368 g/mol. The normalized spacial score (nSPS) is 13.2.